The second-order valence-corrected chi connectivity index (χ2v) is 6.12. The van der Waals surface area contributed by atoms with Gasteiger partial charge in [0.1, 0.15) is 11.4 Å². The lowest BCUT2D eigenvalue weighted by Crippen LogP contribution is -2.14. The van der Waals surface area contributed by atoms with Gasteiger partial charge < -0.3 is 5.11 Å². The second-order valence-electron chi connectivity index (χ2n) is 3.90. The third-order valence-electron chi connectivity index (χ3n) is 2.73. The van der Waals surface area contributed by atoms with Crippen LogP contribution in [0.4, 0.5) is 4.39 Å². The number of rotatable bonds is 3. The van der Waals surface area contributed by atoms with Gasteiger partial charge in [-0.3, -0.25) is 4.79 Å². The maximum atomic E-state index is 14.1. The molecule has 0 saturated carbocycles. The first-order valence-electron chi connectivity index (χ1n) is 5.58. The maximum Gasteiger partial charge on any atom is 0.340 e. The van der Waals surface area contributed by atoms with E-state index in [2.05, 4.69) is 0 Å². The van der Waals surface area contributed by atoms with E-state index in [-0.39, 0.29) is 16.5 Å². The summed E-state index contributed by atoms with van der Waals surface area (Å²) in [5.74, 6) is -0.995. The molecule has 0 saturated heterocycles. The van der Waals surface area contributed by atoms with Crippen LogP contribution in [0.25, 0.3) is 10.1 Å². The largest absolute Gasteiger partial charge is 0.478 e. The third-order valence-corrected chi connectivity index (χ3v) is 4.56. The summed E-state index contributed by atoms with van der Waals surface area (Å²) in [6, 6.07) is 1.61. The van der Waals surface area contributed by atoms with Gasteiger partial charge in [0.25, 0.3) is 0 Å². The smallest absolute Gasteiger partial charge is 0.340 e. The second kappa shape index (κ2) is 5.30. The van der Waals surface area contributed by atoms with E-state index >= 15 is 0 Å². The molecule has 0 unspecified atom stereocenters. The minimum absolute atomic E-state index is 0.169. The molecule has 100 valence electrons. The summed E-state index contributed by atoms with van der Waals surface area (Å²) >= 11 is 2.51. The zero-order chi connectivity index (χ0) is 14.2. The normalized spacial score (nSPS) is 10.9. The monoisotopic (exact) mass is 298 g/mol. The van der Waals surface area contributed by atoms with Crippen molar-refractivity contribution in [3.63, 3.8) is 0 Å². The maximum absolute atomic E-state index is 14.1. The van der Waals surface area contributed by atoms with Crippen molar-refractivity contribution in [2.24, 2.45) is 0 Å². The zero-order valence-electron chi connectivity index (χ0n) is 10.3. The van der Waals surface area contributed by atoms with Crippen LogP contribution in [-0.2, 0) is 0 Å². The molecule has 1 N–H and O–H groups in total. The molecular formula is C13H11FO3S2. The van der Waals surface area contributed by atoms with Crippen LogP contribution in [0.1, 0.15) is 22.8 Å². The first kappa shape index (κ1) is 14.0. The van der Waals surface area contributed by atoms with Gasteiger partial charge in [-0.25, -0.2) is 9.18 Å². The van der Waals surface area contributed by atoms with Gasteiger partial charge in [-0.1, -0.05) is 6.92 Å². The molecule has 1 aromatic carbocycles. The van der Waals surface area contributed by atoms with E-state index in [1.807, 2.05) is 6.92 Å². The number of hydrogen-bond donors (Lipinski definition) is 1. The van der Waals surface area contributed by atoms with Crippen LogP contribution in [-0.4, -0.2) is 16.8 Å². The number of carboxylic acids is 1. The number of hydrogen-bond acceptors (Lipinski definition) is 4. The van der Waals surface area contributed by atoms with Crippen molar-refractivity contribution >= 4 is 39.2 Å². The van der Waals surface area contributed by atoms with Crippen LogP contribution in [0.5, 0.6) is 0 Å². The molecule has 0 aliphatic heterocycles. The molecule has 0 fully saturated rings. The van der Waals surface area contributed by atoms with Gasteiger partial charge in [-0.15, -0.1) is 23.1 Å². The first-order valence-corrected chi connectivity index (χ1v) is 7.44. The van der Waals surface area contributed by atoms with Crippen LogP contribution in [0.2, 0.25) is 0 Å². The van der Waals surface area contributed by atoms with Crippen LogP contribution in [0.3, 0.4) is 0 Å². The Morgan fingerprint density at radius 1 is 1.53 bits per heavy atom. The minimum atomic E-state index is -1.28. The number of carboxylic acid groups (broad SMARTS) is 1. The van der Waals surface area contributed by atoms with Crippen molar-refractivity contribution in [3.8, 4) is 0 Å². The molecule has 2 rings (SSSR count). The van der Waals surface area contributed by atoms with Crippen LogP contribution >= 0.6 is 23.1 Å². The topological polar surface area (TPSA) is 54.4 Å². The molecule has 0 spiro atoms. The Kier molecular flexibility index (Phi) is 3.91. The predicted octanol–water partition coefficient (Wildman–Crippen LogP) is 3.52. The van der Waals surface area contributed by atoms with Crippen LogP contribution in [0.15, 0.2) is 21.1 Å². The number of fused-ring (bicyclic) bond motifs is 1. The molecule has 0 aliphatic carbocycles. The molecule has 3 nitrogen and oxygen atoms in total. The van der Waals surface area contributed by atoms with E-state index < -0.39 is 17.2 Å². The number of aryl methyl sites for hydroxylation is 1. The van der Waals surface area contributed by atoms with E-state index in [0.29, 0.717) is 9.60 Å². The van der Waals surface area contributed by atoms with Crippen molar-refractivity contribution in [2.75, 3.05) is 5.75 Å². The Balaban J connectivity index is 2.85. The molecule has 0 amide bonds. The lowest BCUT2D eigenvalue weighted by atomic mass is 10.1. The highest BCUT2D eigenvalue weighted by atomic mass is 32.2. The fourth-order valence-electron chi connectivity index (χ4n) is 1.83. The van der Waals surface area contributed by atoms with E-state index in [4.69, 9.17) is 5.11 Å². The molecule has 0 atom stereocenters. The third kappa shape index (κ3) is 2.37. The van der Waals surface area contributed by atoms with Gasteiger partial charge in [-0.2, -0.15) is 0 Å². The molecule has 0 radical (unpaired) electrons. The van der Waals surface area contributed by atoms with E-state index in [1.165, 1.54) is 24.1 Å². The summed E-state index contributed by atoms with van der Waals surface area (Å²) in [6.45, 7) is 3.43. The average Bonchev–Trinajstić information content (AvgIpc) is 2.35. The summed E-state index contributed by atoms with van der Waals surface area (Å²) in [7, 11) is 0. The van der Waals surface area contributed by atoms with Crippen molar-refractivity contribution < 1.29 is 14.3 Å². The highest BCUT2D eigenvalue weighted by molar-refractivity contribution is 7.99. The lowest BCUT2D eigenvalue weighted by molar-refractivity contribution is 0.0696. The highest BCUT2D eigenvalue weighted by Gasteiger charge is 2.17. The zero-order valence-corrected chi connectivity index (χ0v) is 12.0. The SMILES string of the molecule is CCSc1cc2scc(C(=O)O)c(=O)c2c(C)c1F. The van der Waals surface area contributed by atoms with Gasteiger partial charge in [0.2, 0.25) is 5.43 Å². The highest BCUT2D eigenvalue weighted by Crippen LogP contribution is 2.31. The number of aromatic carboxylic acids is 1. The van der Waals surface area contributed by atoms with E-state index in [0.717, 1.165) is 17.1 Å². The summed E-state index contributed by atoms with van der Waals surface area (Å²) in [5.41, 5.74) is -0.709. The standard InChI is InChI=1S/C13H11FO3S2/c1-3-18-9-4-8-10(6(2)11(9)14)12(15)7(5-19-8)13(16)17/h4-5H,3H2,1-2H3,(H,16,17). The molecule has 0 bridgehead atoms. The summed E-state index contributed by atoms with van der Waals surface area (Å²) in [5, 5.41) is 10.4. The Hall–Kier alpha value is -1.40. The molecular weight excluding hydrogens is 287 g/mol. The Bertz CT molecular complexity index is 722. The van der Waals surface area contributed by atoms with Crippen molar-refractivity contribution in [3.05, 3.63) is 38.6 Å². The fourth-order valence-corrected chi connectivity index (χ4v) is 3.70. The molecule has 1 aromatic heterocycles. The average molecular weight is 298 g/mol. The number of halogens is 1. The number of benzene rings is 1. The van der Waals surface area contributed by atoms with Crippen molar-refractivity contribution in [2.45, 2.75) is 18.7 Å². The summed E-state index contributed by atoms with van der Waals surface area (Å²) in [4.78, 5) is 23.5. The molecule has 1 heterocycles. The van der Waals surface area contributed by atoms with Gasteiger partial charge >= 0.3 is 5.97 Å². The van der Waals surface area contributed by atoms with Gasteiger partial charge in [0.05, 0.1) is 0 Å². The fraction of sp³-hybridized carbons (Fsp3) is 0.231. The van der Waals surface area contributed by atoms with Gasteiger partial charge in [-0.05, 0) is 24.3 Å². The van der Waals surface area contributed by atoms with Gasteiger partial charge in [0.15, 0.2) is 0 Å². The molecule has 19 heavy (non-hydrogen) atoms. The molecule has 2 aromatic rings. The predicted molar refractivity (Wildman–Crippen MR) is 76.1 cm³/mol. The summed E-state index contributed by atoms with van der Waals surface area (Å²) < 4.78 is 14.7. The molecule has 0 aliphatic rings. The molecule has 6 heteroatoms. The van der Waals surface area contributed by atoms with Gasteiger partial charge in [0, 0.05) is 20.4 Å². The number of thioether (sulfide) groups is 1. The Labute approximate surface area is 117 Å². The van der Waals surface area contributed by atoms with Crippen LogP contribution in [0, 0.1) is 12.7 Å². The lowest BCUT2D eigenvalue weighted by Gasteiger charge is -2.08. The number of carbonyl (C=O) groups is 1. The van der Waals surface area contributed by atoms with Crippen molar-refractivity contribution in [1.82, 2.24) is 0 Å². The summed E-state index contributed by atoms with van der Waals surface area (Å²) in [6.07, 6.45) is 0. The minimum Gasteiger partial charge on any atom is -0.478 e. The Morgan fingerprint density at radius 2 is 2.21 bits per heavy atom. The van der Waals surface area contributed by atoms with Crippen molar-refractivity contribution in [1.29, 1.82) is 0 Å². The Morgan fingerprint density at radius 3 is 2.79 bits per heavy atom. The van der Waals surface area contributed by atoms with E-state index in [9.17, 15) is 14.0 Å². The van der Waals surface area contributed by atoms with Crippen LogP contribution < -0.4 is 5.43 Å². The quantitative estimate of drug-likeness (QED) is 0.881. The first-order chi connectivity index (χ1) is 8.97. The van der Waals surface area contributed by atoms with E-state index in [1.54, 1.807) is 6.07 Å².